The van der Waals surface area contributed by atoms with Crippen molar-refractivity contribution in [3.63, 3.8) is 0 Å². The van der Waals surface area contributed by atoms with Gasteiger partial charge < -0.3 is 19.7 Å². The number of hydrogen-bond acceptors (Lipinski definition) is 6. The van der Waals surface area contributed by atoms with Gasteiger partial charge in [-0.1, -0.05) is 0 Å². The Balaban J connectivity index is 1.41. The number of piperazine rings is 1. The number of fused-ring (bicyclic) bond motifs is 1. The lowest BCUT2D eigenvalue weighted by atomic mass is 10.1. The Bertz CT molecular complexity index is 1110. The summed E-state index contributed by atoms with van der Waals surface area (Å²) in [5.41, 5.74) is 1.10. The van der Waals surface area contributed by atoms with E-state index in [0.29, 0.717) is 36.0 Å². The topological polar surface area (TPSA) is 105 Å². The highest BCUT2D eigenvalue weighted by atomic mass is 32.2. The number of carbonyl (C=O) groups excluding carboxylic acids is 2. The number of carbonyl (C=O) groups is 2. The zero-order valence-corrected chi connectivity index (χ0v) is 18.6. The molecule has 0 aliphatic carbocycles. The largest absolute Gasteiger partial charge is 0.490 e. The molecular weight excluding hydrogens is 434 g/mol. The lowest BCUT2D eigenvalue weighted by molar-refractivity contribution is -0.114. The predicted octanol–water partition coefficient (Wildman–Crippen LogP) is 1.95. The van der Waals surface area contributed by atoms with Crippen LogP contribution < -0.4 is 14.8 Å². The maximum atomic E-state index is 13.1. The minimum atomic E-state index is -3.72. The van der Waals surface area contributed by atoms with Crippen LogP contribution in [0.1, 0.15) is 23.7 Å². The molecule has 0 radical (unpaired) electrons. The van der Waals surface area contributed by atoms with Gasteiger partial charge in [-0.25, -0.2) is 8.42 Å². The molecule has 4 rings (SSSR count). The van der Waals surface area contributed by atoms with Crippen molar-refractivity contribution >= 4 is 27.5 Å². The minimum Gasteiger partial charge on any atom is -0.490 e. The van der Waals surface area contributed by atoms with Gasteiger partial charge in [0.2, 0.25) is 15.9 Å². The minimum absolute atomic E-state index is 0.148. The third-order valence-electron chi connectivity index (χ3n) is 5.33. The first-order valence-electron chi connectivity index (χ1n) is 10.4. The van der Waals surface area contributed by atoms with E-state index in [-0.39, 0.29) is 42.9 Å². The predicted molar refractivity (Wildman–Crippen MR) is 117 cm³/mol. The van der Waals surface area contributed by atoms with Gasteiger partial charge in [0.1, 0.15) is 0 Å². The normalized spacial score (nSPS) is 16.8. The summed E-state index contributed by atoms with van der Waals surface area (Å²) in [6.07, 6.45) is 0.739. The highest BCUT2D eigenvalue weighted by molar-refractivity contribution is 7.89. The Kier molecular flexibility index (Phi) is 6.33. The number of ether oxygens (including phenoxy) is 2. The van der Waals surface area contributed by atoms with E-state index < -0.39 is 10.0 Å². The lowest BCUT2D eigenvalue weighted by Gasteiger charge is -2.34. The molecule has 0 aromatic heterocycles. The molecule has 170 valence electrons. The Morgan fingerprint density at radius 1 is 0.906 bits per heavy atom. The van der Waals surface area contributed by atoms with Gasteiger partial charge in [0.15, 0.2) is 11.5 Å². The maximum Gasteiger partial charge on any atom is 0.253 e. The first-order valence-corrected chi connectivity index (χ1v) is 11.9. The molecule has 0 unspecified atom stereocenters. The number of sulfonamides is 1. The highest BCUT2D eigenvalue weighted by Crippen LogP contribution is 2.33. The zero-order valence-electron chi connectivity index (χ0n) is 17.7. The van der Waals surface area contributed by atoms with E-state index >= 15 is 0 Å². The van der Waals surface area contributed by atoms with Gasteiger partial charge in [-0.05, 0) is 36.4 Å². The Hall–Kier alpha value is -3.11. The first-order chi connectivity index (χ1) is 15.3. The number of amides is 2. The summed E-state index contributed by atoms with van der Waals surface area (Å²) < 4.78 is 38.8. The first kappa shape index (κ1) is 22.1. The van der Waals surface area contributed by atoms with Crippen molar-refractivity contribution in [3.8, 4) is 11.5 Å². The summed E-state index contributed by atoms with van der Waals surface area (Å²) in [4.78, 5) is 25.7. The van der Waals surface area contributed by atoms with Crippen LogP contribution in [0.4, 0.5) is 5.69 Å². The van der Waals surface area contributed by atoms with Gasteiger partial charge in [0.05, 0.1) is 18.1 Å². The van der Waals surface area contributed by atoms with Gasteiger partial charge in [-0.2, -0.15) is 4.31 Å². The average molecular weight is 460 g/mol. The maximum absolute atomic E-state index is 13.1. The summed E-state index contributed by atoms with van der Waals surface area (Å²) in [5, 5.41) is 2.66. The summed E-state index contributed by atoms with van der Waals surface area (Å²) >= 11 is 0. The average Bonchev–Trinajstić information content (AvgIpc) is 3.04. The number of nitrogens with zero attached hydrogens (tertiary/aromatic N) is 2. The van der Waals surface area contributed by atoms with E-state index in [1.54, 1.807) is 35.2 Å². The monoisotopic (exact) mass is 459 g/mol. The molecule has 0 bridgehead atoms. The van der Waals surface area contributed by atoms with Gasteiger partial charge in [0.25, 0.3) is 5.91 Å². The van der Waals surface area contributed by atoms with E-state index in [1.807, 2.05) is 0 Å². The van der Waals surface area contributed by atoms with Crippen LogP contribution in [0.2, 0.25) is 0 Å². The third-order valence-corrected chi connectivity index (χ3v) is 7.23. The van der Waals surface area contributed by atoms with Crippen LogP contribution in [0.5, 0.6) is 11.5 Å². The number of benzene rings is 2. The van der Waals surface area contributed by atoms with E-state index in [2.05, 4.69) is 5.32 Å². The van der Waals surface area contributed by atoms with Crippen molar-refractivity contribution in [1.29, 1.82) is 0 Å². The van der Waals surface area contributed by atoms with Crippen LogP contribution in [0, 0.1) is 0 Å². The SMILES string of the molecule is CC(=O)Nc1ccc(C(=O)N2CCN(S(=O)(=O)c3ccc4c(c3)OCCCO4)CC2)cc1. The molecule has 1 N–H and O–H groups in total. The molecule has 32 heavy (non-hydrogen) atoms. The Morgan fingerprint density at radius 2 is 1.56 bits per heavy atom. The Morgan fingerprint density at radius 3 is 2.22 bits per heavy atom. The van der Waals surface area contributed by atoms with Crippen molar-refractivity contribution < 1.29 is 27.5 Å². The van der Waals surface area contributed by atoms with Crippen LogP contribution in [0.15, 0.2) is 47.4 Å². The smallest absolute Gasteiger partial charge is 0.253 e. The fraction of sp³-hybridized carbons (Fsp3) is 0.364. The van der Waals surface area contributed by atoms with Crippen LogP contribution in [-0.2, 0) is 14.8 Å². The van der Waals surface area contributed by atoms with Crippen LogP contribution in [0.3, 0.4) is 0 Å². The molecule has 2 heterocycles. The molecule has 2 aliphatic heterocycles. The van der Waals surface area contributed by atoms with Crippen molar-refractivity contribution in [2.45, 2.75) is 18.2 Å². The van der Waals surface area contributed by atoms with Gasteiger partial charge in [0, 0.05) is 56.8 Å². The van der Waals surface area contributed by atoms with E-state index in [9.17, 15) is 18.0 Å². The van der Waals surface area contributed by atoms with Crippen molar-refractivity contribution in [1.82, 2.24) is 9.21 Å². The van der Waals surface area contributed by atoms with Gasteiger partial charge in [-0.15, -0.1) is 0 Å². The fourth-order valence-corrected chi connectivity index (χ4v) is 5.10. The molecule has 2 aliphatic rings. The van der Waals surface area contributed by atoms with E-state index in [4.69, 9.17) is 9.47 Å². The molecule has 0 saturated carbocycles. The molecular formula is C22H25N3O6S. The van der Waals surface area contributed by atoms with E-state index in [0.717, 1.165) is 6.42 Å². The molecule has 2 aromatic carbocycles. The number of anilines is 1. The summed E-state index contributed by atoms with van der Waals surface area (Å²) in [5.74, 6) is 0.614. The quantitative estimate of drug-likeness (QED) is 0.749. The summed E-state index contributed by atoms with van der Waals surface area (Å²) in [6, 6.07) is 11.3. The molecule has 9 nitrogen and oxygen atoms in total. The number of rotatable bonds is 4. The van der Waals surface area contributed by atoms with Crippen LogP contribution in [-0.4, -0.2) is 68.8 Å². The second-order valence-corrected chi connectivity index (χ2v) is 9.55. The van der Waals surface area contributed by atoms with Crippen molar-refractivity contribution in [2.75, 3.05) is 44.7 Å². The molecule has 10 heteroatoms. The molecule has 2 aromatic rings. The van der Waals surface area contributed by atoms with Crippen molar-refractivity contribution in [3.05, 3.63) is 48.0 Å². The molecule has 1 fully saturated rings. The van der Waals surface area contributed by atoms with E-state index in [1.165, 1.54) is 23.4 Å². The molecule has 0 atom stereocenters. The standard InChI is InChI=1S/C22H25N3O6S/c1-16(26)23-18-5-3-17(4-6-18)22(27)24-9-11-25(12-10-24)32(28,29)19-7-8-20-21(15-19)31-14-2-13-30-20/h3-8,15H,2,9-14H2,1H3,(H,23,26). The van der Waals surface area contributed by atoms with Gasteiger partial charge in [-0.3, -0.25) is 9.59 Å². The van der Waals surface area contributed by atoms with Gasteiger partial charge >= 0.3 is 0 Å². The molecule has 1 saturated heterocycles. The summed E-state index contributed by atoms with van der Waals surface area (Å²) in [7, 11) is -3.72. The highest BCUT2D eigenvalue weighted by Gasteiger charge is 2.31. The number of hydrogen-bond donors (Lipinski definition) is 1. The second-order valence-electron chi connectivity index (χ2n) is 7.61. The third kappa shape index (κ3) is 4.71. The number of nitrogens with one attached hydrogen (secondary N) is 1. The zero-order chi connectivity index (χ0) is 22.7. The molecule has 0 spiro atoms. The lowest BCUT2D eigenvalue weighted by Crippen LogP contribution is -2.50. The second kappa shape index (κ2) is 9.17. The molecule has 2 amide bonds. The van der Waals surface area contributed by atoms with Crippen LogP contribution in [0.25, 0.3) is 0 Å². The fourth-order valence-electron chi connectivity index (χ4n) is 3.67. The summed E-state index contributed by atoms with van der Waals surface area (Å²) in [6.45, 7) is 3.40. The van der Waals surface area contributed by atoms with Crippen LogP contribution >= 0.6 is 0 Å². The van der Waals surface area contributed by atoms with Crippen molar-refractivity contribution in [2.24, 2.45) is 0 Å². The Labute approximate surface area is 187 Å².